The molecule has 9 heteroatoms. The molecule has 0 aliphatic carbocycles. The lowest BCUT2D eigenvalue weighted by molar-refractivity contribution is 0.766. The van der Waals surface area contributed by atoms with E-state index in [-0.39, 0.29) is 12.8 Å². The molecule has 0 saturated carbocycles. The number of aromatic nitrogens is 3. The second-order valence-electron chi connectivity index (χ2n) is 3.30. The maximum atomic E-state index is 5.66. The molecule has 0 aliphatic heterocycles. The predicted octanol–water partition coefficient (Wildman–Crippen LogP) is 4.01. The van der Waals surface area contributed by atoms with Crippen molar-refractivity contribution in [3.05, 3.63) is 17.5 Å². The van der Waals surface area contributed by atoms with E-state index in [2.05, 4.69) is 15.0 Å². The molecule has 3 nitrogen and oxygen atoms in total. The van der Waals surface area contributed by atoms with Crippen LogP contribution in [0.3, 0.4) is 0 Å². The molecule has 0 atom stereocenters. The van der Waals surface area contributed by atoms with Crippen LogP contribution in [0.25, 0.3) is 0 Å². The van der Waals surface area contributed by atoms with E-state index in [1.165, 1.54) is 0 Å². The Kier molecular flexibility index (Phi) is 5.40. The summed E-state index contributed by atoms with van der Waals surface area (Å²) in [4.78, 5) is 12.2. The molecule has 1 rings (SSSR count). The van der Waals surface area contributed by atoms with Gasteiger partial charge in [-0.25, -0.2) is 15.0 Å². The molecule has 0 radical (unpaired) electrons. The summed E-state index contributed by atoms with van der Waals surface area (Å²) in [7, 11) is 0. The van der Waals surface area contributed by atoms with Crippen molar-refractivity contribution in [1.82, 2.24) is 15.0 Å². The van der Waals surface area contributed by atoms with Gasteiger partial charge in [-0.3, -0.25) is 0 Å². The van der Waals surface area contributed by atoms with Crippen LogP contribution in [-0.2, 0) is 12.8 Å². The number of halogens is 6. The minimum absolute atomic E-state index is 0.0634. The number of hydrogen-bond acceptors (Lipinski definition) is 3. The molecule has 0 amide bonds. The molecule has 0 N–H and O–H groups in total. The summed E-state index contributed by atoms with van der Waals surface area (Å²) in [5.74, 6) is 1.18. The van der Waals surface area contributed by atoms with Crippen LogP contribution in [0.4, 0.5) is 0 Å². The maximum absolute atomic E-state index is 5.66. The topological polar surface area (TPSA) is 38.7 Å². The molecule has 0 aromatic carbocycles. The van der Waals surface area contributed by atoms with Gasteiger partial charge in [0.2, 0.25) is 0 Å². The molecule has 0 spiro atoms. The van der Waals surface area contributed by atoms with Gasteiger partial charge in [0.05, 0.1) is 12.8 Å². The van der Waals surface area contributed by atoms with Gasteiger partial charge in [0.1, 0.15) is 17.5 Å². The first-order valence-electron chi connectivity index (χ1n) is 4.39. The lowest BCUT2D eigenvalue weighted by atomic mass is 10.4. The number of rotatable bonds is 2. The lowest BCUT2D eigenvalue weighted by Crippen LogP contribution is -2.16. The van der Waals surface area contributed by atoms with Gasteiger partial charge in [-0.1, -0.05) is 69.6 Å². The Morgan fingerprint density at radius 1 is 0.765 bits per heavy atom. The summed E-state index contributed by atoms with van der Waals surface area (Å²) in [6.45, 7) is 1.69. The monoisotopic (exact) mass is 355 g/mol. The van der Waals surface area contributed by atoms with E-state index in [0.717, 1.165) is 0 Å². The quantitative estimate of drug-likeness (QED) is 0.751. The fourth-order valence-electron chi connectivity index (χ4n) is 1.11. The Morgan fingerprint density at radius 3 is 1.41 bits per heavy atom. The van der Waals surface area contributed by atoms with Crippen molar-refractivity contribution < 1.29 is 0 Å². The van der Waals surface area contributed by atoms with Crippen molar-refractivity contribution in [3.8, 4) is 0 Å². The summed E-state index contributed by atoms with van der Waals surface area (Å²) >= 11 is 33.9. The van der Waals surface area contributed by atoms with Gasteiger partial charge in [-0.15, -0.1) is 0 Å². The molecular formula is C8H7Cl6N3. The summed E-state index contributed by atoms with van der Waals surface area (Å²) in [6, 6.07) is 0. The van der Waals surface area contributed by atoms with E-state index in [4.69, 9.17) is 69.6 Å². The van der Waals surface area contributed by atoms with Crippen LogP contribution < -0.4 is 0 Å². The smallest absolute Gasteiger partial charge is 0.197 e. The normalized spacial score (nSPS) is 12.9. The Bertz CT molecular complexity index is 363. The second kappa shape index (κ2) is 5.81. The van der Waals surface area contributed by atoms with E-state index in [1.54, 1.807) is 6.92 Å². The molecule has 0 aliphatic rings. The highest BCUT2D eigenvalue weighted by atomic mass is 35.6. The SMILES string of the molecule is Cc1nc(CC(Cl)(Cl)Cl)nc(CC(Cl)(Cl)Cl)n1. The Hall–Kier alpha value is 0.750. The van der Waals surface area contributed by atoms with Crippen LogP contribution in [-0.4, -0.2) is 22.5 Å². The molecule has 0 saturated heterocycles. The van der Waals surface area contributed by atoms with Crippen LogP contribution >= 0.6 is 69.6 Å². The number of nitrogens with zero attached hydrogens (tertiary/aromatic N) is 3. The van der Waals surface area contributed by atoms with Gasteiger partial charge in [-0.05, 0) is 6.92 Å². The summed E-state index contributed by atoms with van der Waals surface area (Å²) in [6.07, 6.45) is 0.127. The third-order valence-electron chi connectivity index (χ3n) is 1.56. The van der Waals surface area contributed by atoms with Gasteiger partial charge in [0.15, 0.2) is 7.59 Å². The number of alkyl halides is 6. The van der Waals surface area contributed by atoms with Crippen molar-refractivity contribution in [2.75, 3.05) is 0 Å². The molecule has 1 heterocycles. The third-order valence-corrected chi connectivity index (χ3v) is 2.36. The average molecular weight is 358 g/mol. The molecule has 0 bridgehead atoms. The maximum Gasteiger partial charge on any atom is 0.197 e. The van der Waals surface area contributed by atoms with Crippen molar-refractivity contribution in [2.24, 2.45) is 0 Å². The van der Waals surface area contributed by atoms with Gasteiger partial charge in [-0.2, -0.15) is 0 Å². The van der Waals surface area contributed by atoms with Crippen LogP contribution in [0.2, 0.25) is 0 Å². The van der Waals surface area contributed by atoms with E-state index >= 15 is 0 Å². The number of aryl methyl sites for hydroxylation is 1. The summed E-state index contributed by atoms with van der Waals surface area (Å²) in [5.41, 5.74) is 0. The second-order valence-corrected chi connectivity index (χ2v) is 8.33. The third kappa shape index (κ3) is 7.04. The fraction of sp³-hybridized carbons (Fsp3) is 0.625. The van der Waals surface area contributed by atoms with Crippen molar-refractivity contribution in [2.45, 2.75) is 27.4 Å². The Labute approximate surface area is 129 Å². The minimum Gasteiger partial charge on any atom is -0.218 e. The highest BCUT2D eigenvalue weighted by molar-refractivity contribution is 6.68. The highest BCUT2D eigenvalue weighted by Crippen LogP contribution is 2.31. The van der Waals surface area contributed by atoms with Gasteiger partial charge in [0.25, 0.3) is 0 Å². The summed E-state index contributed by atoms with van der Waals surface area (Å²) in [5, 5.41) is 0. The highest BCUT2D eigenvalue weighted by Gasteiger charge is 2.25. The fourth-order valence-corrected chi connectivity index (χ4v) is 1.83. The van der Waals surface area contributed by atoms with Crippen LogP contribution in [0, 0.1) is 6.92 Å². The zero-order valence-electron chi connectivity index (χ0n) is 8.52. The van der Waals surface area contributed by atoms with Crippen LogP contribution in [0.1, 0.15) is 17.5 Å². The van der Waals surface area contributed by atoms with Crippen LogP contribution in [0.5, 0.6) is 0 Å². The molecular weight excluding hydrogens is 351 g/mol. The Morgan fingerprint density at radius 2 is 1.12 bits per heavy atom. The zero-order valence-corrected chi connectivity index (χ0v) is 13.1. The van der Waals surface area contributed by atoms with Gasteiger partial charge < -0.3 is 0 Å². The molecule has 1 aromatic rings. The van der Waals surface area contributed by atoms with Crippen LogP contribution in [0.15, 0.2) is 0 Å². The van der Waals surface area contributed by atoms with E-state index < -0.39 is 7.59 Å². The first-order chi connectivity index (χ1) is 7.55. The predicted molar refractivity (Wildman–Crippen MR) is 72.6 cm³/mol. The lowest BCUT2D eigenvalue weighted by Gasteiger charge is -2.12. The van der Waals surface area contributed by atoms with E-state index in [9.17, 15) is 0 Å². The molecule has 0 fully saturated rings. The average Bonchev–Trinajstić information content (AvgIpc) is 1.93. The number of hydrogen-bond donors (Lipinski definition) is 0. The molecule has 1 aromatic heterocycles. The largest absolute Gasteiger partial charge is 0.218 e. The molecule has 17 heavy (non-hydrogen) atoms. The summed E-state index contributed by atoms with van der Waals surface area (Å²) < 4.78 is -2.93. The van der Waals surface area contributed by atoms with Crippen molar-refractivity contribution >= 4 is 69.6 Å². The standard InChI is InChI=1S/C8H7Cl6N3/c1-4-15-5(2-7(9,10)11)17-6(16-4)3-8(12,13)14/h2-3H2,1H3. The molecule has 0 unspecified atom stereocenters. The van der Waals surface area contributed by atoms with Gasteiger partial charge >= 0.3 is 0 Å². The van der Waals surface area contributed by atoms with E-state index in [1.807, 2.05) is 0 Å². The van der Waals surface area contributed by atoms with Gasteiger partial charge in [0, 0.05) is 0 Å². The first kappa shape index (κ1) is 15.8. The minimum atomic E-state index is -1.47. The van der Waals surface area contributed by atoms with E-state index in [0.29, 0.717) is 17.5 Å². The molecule has 96 valence electrons. The van der Waals surface area contributed by atoms with Crippen molar-refractivity contribution in [1.29, 1.82) is 0 Å². The Balaban J connectivity index is 2.95. The zero-order chi connectivity index (χ0) is 13.3. The van der Waals surface area contributed by atoms with Crippen molar-refractivity contribution in [3.63, 3.8) is 0 Å². The first-order valence-corrected chi connectivity index (χ1v) is 6.66.